The Balaban J connectivity index is 3.40. The molecule has 0 aliphatic heterocycles. The monoisotopic (exact) mass is 988 g/mol. The Morgan fingerprint density at radius 1 is 0.386 bits per heavy atom. The van der Waals surface area contributed by atoms with E-state index in [4.69, 9.17) is 4.74 Å². The van der Waals surface area contributed by atoms with Crippen molar-refractivity contribution in [1.82, 2.24) is 5.32 Å². The highest BCUT2D eigenvalue weighted by Crippen LogP contribution is 2.18. The van der Waals surface area contributed by atoms with Crippen LogP contribution in [0.3, 0.4) is 0 Å². The van der Waals surface area contributed by atoms with Gasteiger partial charge in [-0.25, -0.2) is 0 Å². The largest absolute Gasteiger partial charge is 0.466 e. The highest BCUT2D eigenvalue weighted by molar-refractivity contribution is 5.76. The number of aliphatic hydroxyl groups excluding tert-OH is 2. The minimum Gasteiger partial charge on any atom is -0.466 e. The molecule has 0 aromatic rings. The first-order chi connectivity index (χ1) is 34.5. The van der Waals surface area contributed by atoms with Gasteiger partial charge >= 0.3 is 5.97 Å². The summed E-state index contributed by atoms with van der Waals surface area (Å²) in [6.07, 6.45) is 72.5. The molecule has 1 amide bonds. The van der Waals surface area contributed by atoms with Crippen LogP contribution in [-0.2, 0) is 14.3 Å². The van der Waals surface area contributed by atoms with Crippen molar-refractivity contribution in [3.05, 3.63) is 12.2 Å². The van der Waals surface area contributed by atoms with Crippen LogP contribution in [-0.4, -0.2) is 47.4 Å². The molecule has 0 heterocycles. The van der Waals surface area contributed by atoms with Crippen LogP contribution in [0.15, 0.2) is 12.2 Å². The summed E-state index contributed by atoms with van der Waals surface area (Å²) in [5, 5.41) is 23.2. The van der Waals surface area contributed by atoms with Gasteiger partial charge in [-0.05, 0) is 32.1 Å². The lowest BCUT2D eigenvalue weighted by Crippen LogP contribution is -2.45. The molecule has 70 heavy (non-hydrogen) atoms. The zero-order chi connectivity index (χ0) is 50.7. The van der Waals surface area contributed by atoms with Gasteiger partial charge in [0.05, 0.1) is 25.4 Å². The maximum absolute atomic E-state index is 12.5. The number of esters is 1. The second-order valence-corrected chi connectivity index (χ2v) is 22.1. The number of rotatable bonds is 60. The van der Waals surface area contributed by atoms with Crippen LogP contribution < -0.4 is 5.32 Å². The average molecular weight is 989 g/mol. The predicted octanol–water partition coefficient (Wildman–Crippen LogP) is 20.0. The van der Waals surface area contributed by atoms with Gasteiger partial charge in [-0.15, -0.1) is 0 Å². The molecule has 0 saturated carbocycles. The molecule has 0 saturated heterocycles. The fourth-order valence-corrected chi connectivity index (χ4v) is 10.2. The van der Waals surface area contributed by atoms with Gasteiger partial charge in [-0.1, -0.05) is 328 Å². The van der Waals surface area contributed by atoms with E-state index in [-0.39, 0.29) is 18.5 Å². The summed E-state index contributed by atoms with van der Waals surface area (Å²) in [6.45, 7) is 4.93. The highest BCUT2D eigenvalue weighted by Gasteiger charge is 2.18. The smallest absolute Gasteiger partial charge is 0.305 e. The third-order valence-corrected chi connectivity index (χ3v) is 15.1. The number of hydrogen-bond acceptors (Lipinski definition) is 5. The molecule has 416 valence electrons. The van der Waals surface area contributed by atoms with Crippen molar-refractivity contribution in [3.8, 4) is 0 Å². The summed E-state index contributed by atoms with van der Waals surface area (Å²) in [5.41, 5.74) is 0. The van der Waals surface area contributed by atoms with Gasteiger partial charge in [-0.3, -0.25) is 9.59 Å². The highest BCUT2D eigenvalue weighted by atomic mass is 16.5. The Morgan fingerprint density at radius 3 is 0.971 bits per heavy atom. The van der Waals surface area contributed by atoms with Gasteiger partial charge in [-0.2, -0.15) is 0 Å². The number of ether oxygens (including phenoxy) is 1. The Hall–Kier alpha value is -1.40. The molecule has 0 rings (SSSR count). The fraction of sp³-hybridized carbons (Fsp3) is 0.938. The summed E-state index contributed by atoms with van der Waals surface area (Å²) >= 11 is 0. The standard InChI is InChI=1S/C64H125NO5/c1-3-5-7-9-11-13-15-17-19-20-25-29-32-36-40-44-48-52-56-62(67)61(60-66)65-63(68)57-53-49-45-41-37-33-30-26-23-21-22-24-27-31-35-39-43-47-51-55-59-70-64(69)58-54-50-46-42-38-34-28-18-16-14-12-10-8-6-4-2/h52,56,61-62,66-67H,3-51,53-55,57-60H2,1-2H3,(H,65,68)/b56-52+. The second-order valence-electron chi connectivity index (χ2n) is 22.1. The minimum absolute atomic E-state index is 0.0137. The number of nitrogens with one attached hydrogen (secondary N) is 1. The summed E-state index contributed by atoms with van der Waals surface area (Å²) in [7, 11) is 0. The van der Waals surface area contributed by atoms with Gasteiger partial charge in [0.2, 0.25) is 5.91 Å². The Labute approximate surface area is 438 Å². The molecule has 2 unspecified atom stereocenters. The van der Waals surface area contributed by atoms with Gasteiger partial charge in [0.15, 0.2) is 0 Å². The third kappa shape index (κ3) is 55.9. The van der Waals surface area contributed by atoms with E-state index in [9.17, 15) is 19.8 Å². The normalized spacial score (nSPS) is 12.6. The van der Waals surface area contributed by atoms with E-state index in [0.29, 0.717) is 19.4 Å². The van der Waals surface area contributed by atoms with Crippen molar-refractivity contribution in [2.45, 2.75) is 373 Å². The molecule has 0 spiro atoms. The van der Waals surface area contributed by atoms with Crippen LogP contribution in [0.2, 0.25) is 0 Å². The number of unbranched alkanes of at least 4 members (excludes halogenated alkanes) is 49. The van der Waals surface area contributed by atoms with E-state index in [0.717, 1.165) is 38.5 Å². The Bertz CT molecular complexity index is 1050. The zero-order valence-corrected chi connectivity index (χ0v) is 47.5. The molecule has 6 heteroatoms. The predicted molar refractivity (Wildman–Crippen MR) is 306 cm³/mol. The first-order valence-corrected chi connectivity index (χ1v) is 32.0. The van der Waals surface area contributed by atoms with Crippen molar-refractivity contribution in [3.63, 3.8) is 0 Å². The SMILES string of the molecule is CCCCCCCCCCCCCCCCCC/C=C/C(O)C(CO)NC(=O)CCCCCCCCCCCCCCCCCCCCCCOC(=O)CCCCCCCCCCCCCCCCC. The van der Waals surface area contributed by atoms with Crippen LogP contribution in [0.4, 0.5) is 0 Å². The van der Waals surface area contributed by atoms with Crippen LogP contribution >= 0.6 is 0 Å². The minimum atomic E-state index is -0.845. The maximum atomic E-state index is 12.5. The van der Waals surface area contributed by atoms with E-state index in [2.05, 4.69) is 19.2 Å². The molecule has 3 N–H and O–H groups in total. The van der Waals surface area contributed by atoms with Crippen molar-refractivity contribution >= 4 is 11.9 Å². The first kappa shape index (κ1) is 68.6. The number of carbonyl (C=O) groups excluding carboxylic acids is 2. The van der Waals surface area contributed by atoms with E-state index >= 15 is 0 Å². The number of aliphatic hydroxyl groups is 2. The molecule has 2 atom stereocenters. The second kappa shape index (κ2) is 60.2. The lowest BCUT2D eigenvalue weighted by Gasteiger charge is -2.20. The van der Waals surface area contributed by atoms with Crippen LogP contribution in [0.1, 0.15) is 361 Å². The lowest BCUT2D eigenvalue weighted by molar-refractivity contribution is -0.143. The fourth-order valence-electron chi connectivity index (χ4n) is 10.2. The molecule has 0 aliphatic rings. The van der Waals surface area contributed by atoms with Gasteiger partial charge in [0.1, 0.15) is 0 Å². The Kier molecular flexibility index (Phi) is 59.0. The van der Waals surface area contributed by atoms with Crippen molar-refractivity contribution in [1.29, 1.82) is 0 Å². The maximum Gasteiger partial charge on any atom is 0.305 e. The number of allylic oxidation sites excluding steroid dienone is 1. The summed E-state index contributed by atoms with van der Waals surface area (Å²) in [4.78, 5) is 24.6. The summed E-state index contributed by atoms with van der Waals surface area (Å²) in [5.74, 6) is -0.0527. The molecular weight excluding hydrogens is 863 g/mol. The van der Waals surface area contributed by atoms with Crippen LogP contribution in [0, 0.1) is 0 Å². The van der Waals surface area contributed by atoms with Gasteiger partial charge in [0.25, 0.3) is 0 Å². The zero-order valence-electron chi connectivity index (χ0n) is 47.5. The van der Waals surface area contributed by atoms with Crippen molar-refractivity contribution in [2.24, 2.45) is 0 Å². The molecular formula is C64H125NO5. The van der Waals surface area contributed by atoms with E-state index in [1.54, 1.807) is 6.08 Å². The van der Waals surface area contributed by atoms with E-state index < -0.39 is 12.1 Å². The number of hydrogen-bond donors (Lipinski definition) is 3. The van der Waals surface area contributed by atoms with Crippen LogP contribution in [0.5, 0.6) is 0 Å². The van der Waals surface area contributed by atoms with Crippen molar-refractivity contribution in [2.75, 3.05) is 13.2 Å². The first-order valence-electron chi connectivity index (χ1n) is 32.0. The molecule has 0 aliphatic carbocycles. The molecule has 0 aromatic carbocycles. The molecule has 0 radical (unpaired) electrons. The molecule has 6 nitrogen and oxygen atoms in total. The lowest BCUT2D eigenvalue weighted by atomic mass is 10.0. The average Bonchev–Trinajstić information content (AvgIpc) is 3.36. The molecule has 0 bridgehead atoms. The number of amides is 1. The van der Waals surface area contributed by atoms with E-state index in [1.807, 2.05) is 6.08 Å². The van der Waals surface area contributed by atoms with Gasteiger partial charge < -0.3 is 20.3 Å². The Morgan fingerprint density at radius 2 is 0.657 bits per heavy atom. The van der Waals surface area contributed by atoms with Crippen LogP contribution in [0.25, 0.3) is 0 Å². The molecule has 0 fully saturated rings. The van der Waals surface area contributed by atoms with Crippen molar-refractivity contribution < 1.29 is 24.5 Å². The number of carbonyl (C=O) groups is 2. The third-order valence-electron chi connectivity index (χ3n) is 15.1. The summed E-state index contributed by atoms with van der Waals surface area (Å²) < 4.78 is 5.49. The summed E-state index contributed by atoms with van der Waals surface area (Å²) in [6, 6.07) is -0.629. The topological polar surface area (TPSA) is 95.9 Å². The molecule has 0 aromatic heterocycles. The quantitative estimate of drug-likeness (QED) is 0.0321. The van der Waals surface area contributed by atoms with Gasteiger partial charge in [0, 0.05) is 12.8 Å². The van der Waals surface area contributed by atoms with E-state index in [1.165, 1.54) is 295 Å².